The van der Waals surface area contributed by atoms with Gasteiger partial charge >= 0.3 is 0 Å². The van der Waals surface area contributed by atoms with Crippen molar-refractivity contribution >= 4 is 17.7 Å². The molecule has 0 spiro atoms. The van der Waals surface area contributed by atoms with Crippen LogP contribution in [-0.2, 0) is 5.41 Å². The summed E-state index contributed by atoms with van der Waals surface area (Å²) in [6.07, 6.45) is 3.41. The maximum Gasteiger partial charge on any atom is 0.271 e. The molecule has 0 saturated carbocycles. The van der Waals surface area contributed by atoms with Gasteiger partial charge in [0.05, 0.1) is 0 Å². The standard InChI is InChI=1S/C21H24N2O2/c1-15(16-5-9-18(10-6-16)21(2,3)4)13-14-22-23-20(25)17-7-11-19(24)12-8-17/h5-14,24H,1-4H3,(H,23,25). The molecule has 2 rings (SSSR count). The maximum absolute atomic E-state index is 11.9. The number of nitrogens with zero attached hydrogens (tertiary/aromatic N) is 1. The molecule has 0 fully saturated rings. The summed E-state index contributed by atoms with van der Waals surface area (Å²) in [4.78, 5) is 11.9. The Bertz CT molecular complexity index is 780. The van der Waals surface area contributed by atoms with Gasteiger partial charge in [-0.2, -0.15) is 5.10 Å². The zero-order valence-electron chi connectivity index (χ0n) is 15.1. The predicted octanol–water partition coefficient (Wildman–Crippen LogP) is 4.51. The molecule has 0 heterocycles. The first-order chi connectivity index (χ1) is 11.8. The molecule has 0 aliphatic heterocycles. The van der Waals surface area contributed by atoms with E-state index < -0.39 is 0 Å². The second-order valence-electron chi connectivity index (χ2n) is 6.94. The van der Waals surface area contributed by atoms with Gasteiger partial charge in [-0.1, -0.05) is 45.0 Å². The van der Waals surface area contributed by atoms with Crippen LogP contribution in [0.25, 0.3) is 5.57 Å². The van der Waals surface area contributed by atoms with Crippen LogP contribution < -0.4 is 5.43 Å². The molecule has 0 aromatic heterocycles. The zero-order valence-corrected chi connectivity index (χ0v) is 15.1. The summed E-state index contributed by atoms with van der Waals surface area (Å²) in [5.74, 6) is -0.201. The Hall–Kier alpha value is -2.88. The predicted molar refractivity (Wildman–Crippen MR) is 103 cm³/mol. The lowest BCUT2D eigenvalue weighted by Crippen LogP contribution is -2.17. The highest BCUT2D eigenvalue weighted by Crippen LogP contribution is 2.24. The van der Waals surface area contributed by atoms with Crippen molar-refractivity contribution in [2.45, 2.75) is 33.1 Å². The molecule has 0 unspecified atom stereocenters. The molecule has 2 N–H and O–H groups in total. The number of phenols is 1. The Kier molecular flexibility index (Phi) is 5.75. The number of rotatable bonds is 4. The average molecular weight is 336 g/mol. The summed E-state index contributed by atoms with van der Waals surface area (Å²) >= 11 is 0. The molecule has 0 radical (unpaired) electrons. The van der Waals surface area contributed by atoms with Crippen LogP contribution in [0.3, 0.4) is 0 Å². The van der Waals surface area contributed by atoms with Gasteiger partial charge < -0.3 is 5.11 Å². The molecule has 25 heavy (non-hydrogen) atoms. The summed E-state index contributed by atoms with van der Waals surface area (Å²) in [6.45, 7) is 8.57. The highest BCUT2D eigenvalue weighted by Gasteiger charge is 2.12. The fourth-order valence-electron chi connectivity index (χ4n) is 2.25. The van der Waals surface area contributed by atoms with Crippen LogP contribution in [0.1, 0.15) is 49.2 Å². The topological polar surface area (TPSA) is 61.7 Å². The third kappa shape index (κ3) is 5.31. The van der Waals surface area contributed by atoms with Gasteiger partial charge in [0.2, 0.25) is 0 Å². The fraction of sp³-hybridized carbons (Fsp3) is 0.238. The molecule has 0 bridgehead atoms. The lowest BCUT2D eigenvalue weighted by molar-refractivity contribution is 0.0955. The van der Waals surface area contributed by atoms with Gasteiger partial charge in [-0.05, 0) is 59.4 Å². The van der Waals surface area contributed by atoms with E-state index >= 15 is 0 Å². The Balaban J connectivity index is 1.97. The normalized spacial score (nSPS) is 12.4. The summed E-state index contributed by atoms with van der Waals surface area (Å²) in [7, 11) is 0. The summed E-state index contributed by atoms with van der Waals surface area (Å²) in [5.41, 5.74) is 6.50. The number of hydrogen-bond donors (Lipinski definition) is 2. The highest BCUT2D eigenvalue weighted by molar-refractivity contribution is 5.95. The first-order valence-electron chi connectivity index (χ1n) is 8.17. The molecule has 0 aliphatic rings. The molecule has 130 valence electrons. The SMILES string of the molecule is CC(=CC=NNC(=O)c1ccc(O)cc1)c1ccc(C(C)(C)C)cc1. The molecule has 2 aromatic carbocycles. The van der Waals surface area contributed by atoms with Gasteiger partial charge in [-0.3, -0.25) is 4.79 Å². The minimum atomic E-state index is -0.322. The highest BCUT2D eigenvalue weighted by atomic mass is 16.3. The number of nitrogens with one attached hydrogen (secondary N) is 1. The second-order valence-corrected chi connectivity index (χ2v) is 6.94. The minimum absolute atomic E-state index is 0.121. The van der Waals surface area contributed by atoms with Crippen LogP contribution >= 0.6 is 0 Å². The van der Waals surface area contributed by atoms with Crippen LogP contribution in [0.2, 0.25) is 0 Å². The van der Waals surface area contributed by atoms with Gasteiger partial charge in [0.1, 0.15) is 5.75 Å². The first-order valence-corrected chi connectivity index (χ1v) is 8.17. The quantitative estimate of drug-likeness (QED) is 0.637. The molecular weight excluding hydrogens is 312 g/mol. The molecule has 0 saturated heterocycles. The summed E-state index contributed by atoms with van der Waals surface area (Å²) < 4.78 is 0. The van der Waals surface area contributed by atoms with Crippen molar-refractivity contribution in [2.75, 3.05) is 0 Å². The number of carbonyl (C=O) groups is 1. The Morgan fingerprint density at radius 1 is 1.00 bits per heavy atom. The van der Waals surface area contributed by atoms with Crippen molar-refractivity contribution in [3.8, 4) is 5.75 Å². The monoisotopic (exact) mass is 336 g/mol. The van der Waals surface area contributed by atoms with Crippen molar-refractivity contribution in [3.05, 3.63) is 71.3 Å². The van der Waals surface area contributed by atoms with Gasteiger partial charge in [0.15, 0.2) is 0 Å². The third-order valence-corrected chi connectivity index (χ3v) is 3.90. The molecule has 2 aromatic rings. The van der Waals surface area contributed by atoms with Gasteiger partial charge in [-0.15, -0.1) is 0 Å². The van der Waals surface area contributed by atoms with Crippen LogP contribution in [-0.4, -0.2) is 17.2 Å². The number of phenolic OH excluding ortho intramolecular Hbond substituents is 1. The van der Waals surface area contributed by atoms with E-state index in [1.807, 2.05) is 13.0 Å². The minimum Gasteiger partial charge on any atom is -0.508 e. The second kappa shape index (κ2) is 7.79. The van der Waals surface area contributed by atoms with E-state index in [1.54, 1.807) is 6.21 Å². The Morgan fingerprint density at radius 2 is 1.56 bits per heavy atom. The number of allylic oxidation sites excluding steroid dienone is 2. The van der Waals surface area contributed by atoms with Gasteiger partial charge in [0.25, 0.3) is 5.91 Å². The van der Waals surface area contributed by atoms with E-state index in [2.05, 4.69) is 55.6 Å². The average Bonchev–Trinajstić information content (AvgIpc) is 2.58. The van der Waals surface area contributed by atoms with Crippen LogP contribution in [0.15, 0.2) is 59.7 Å². The van der Waals surface area contributed by atoms with E-state index in [-0.39, 0.29) is 17.1 Å². The number of benzene rings is 2. The lowest BCUT2D eigenvalue weighted by atomic mass is 9.86. The smallest absolute Gasteiger partial charge is 0.271 e. The summed E-state index contributed by atoms with van der Waals surface area (Å²) in [5, 5.41) is 13.1. The van der Waals surface area contributed by atoms with Crippen molar-refractivity contribution in [1.29, 1.82) is 0 Å². The van der Waals surface area contributed by atoms with Crippen molar-refractivity contribution in [3.63, 3.8) is 0 Å². The Morgan fingerprint density at radius 3 is 2.12 bits per heavy atom. The van der Waals surface area contributed by atoms with E-state index in [9.17, 15) is 9.90 Å². The molecule has 0 aliphatic carbocycles. The van der Waals surface area contributed by atoms with E-state index in [0.29, 0.717) is 5.56 Å². The third-order valence-electron chi connectivity index (χ3n) is 3.90. The zero-order chi connectivity index (χ0) is 18.4. The Labute approximate surface area is 148 Å². The number of carbonyl (C=O) groups excluding carboxylic acids is 1. The number of aromatic hydroxyl groups is 1. The van der Waals surface area contributed by atoms with E-state index in [1.165, 1.54) is 29.8 Å². The van der Waals surface area contributed by atoms with E-state index in [0.717, 1.165) is 11.1 Å². The number of amides is 1. The molecular formula is C21H24N2O2. The van der Waals surface area contributed by atoms with Crippen molar-refractivity contribution in [2.24, 2.45) is 5.10 Å². The molecule has 4 nitrogen and oxygen atoms in total. The van der Waals surface area contributed by atoms with Crippen LogP contribution in [0, 0.1) is 0 Å². The first kappa shape index (κ1) is 18.5. The van der Waals surface area contributed by atoms with E-state index in [4.69, 9.17) is 0 Å². The fourth-order valence-corrected chi connectivity index (χ4v) is 2.25. The largest absolute Gasteiger partial charge is 0.508 e. The maximum atomic E-state index is 11.9. The molecule has 1 amide bonds. The van der Waals surface area contributed by atoms with Crippen molar-refractivity contribution in [1.82, 2.24) is 5.43 Å². The molecule has 0 atom stereocenters. The number of hydrogen-bond acceptors (Lipinski definition) is 3. The lowest BCUT2D eigenvalue weighted by Gasteiger charge is -2.19. The van der Waals surface area contributed by atoms with Crippen LogP contribution in [0.4, 0.5) is 0 Å². The number of hydrazone groups is 1. The van der Waals surface area contributed by atoms with Crippen molar-refractivity contribution < 1.29 is 9.90 Å². The van der Waals surface area contributed by atoms with Gasteiger partial charge in [0, 0.05) is 11.8 Å². The van der Waals surface area contributed by atoms with Gasteiger partial charge in [-0.25, -0.2) is 5.43 Å². The summed E-state index contributed by atoms with van der Waals surface area (Å²) in [6, 6.07) is 14.5. The molecule has 4 heteroatoms. The van der Waals surface area contributed by atoms with Crippen LogP contribution in [0.5, 0.6) is 5.75 Å².